The van der Waals surface area contributed by atoms with Gasteiger partial charge in [-0.25, -0.2) is 0 Å². The second-order valence-corrected chi connectivity index (χ2v) is 0. The van der Waals surface area contributed by atoms with Crippen LogP contribution in [-0.4, -0.2) is 6.66 Å². The average Bonchev–Trinajstić information content (AvgIpc) is 2.03. The Hall–Kier alpha value is 1.72. The zero-order valence-corrected chi connectivity index (χ0v) is 12.3. The van der Waals surface area contributed by atoms with Crippen molar-refractivity contribution in [3.63, 3.8) is 0 Å². The minimum Gasteiger partial charge on any atom is -0.153 e. The van der Waals surface area contributed by atoms with Gasteiger partial charge in [-0.1, -0.05) is 34.4 Å². The molecule has 4 heteroatoms. The zero-order chi connectivity index (χ0) is 8.00. The van der Waals surface area contributed by atoms with Gasteiger partial charge in [-0.05, 0) is 0 Å². The van der Waals surface area contributed by atoms with Gasteiger partial charge in [-0.3, -0.25) is 0 Å². The first-order valence-corrected chi connectivity index (χ1v) is 6.73. The molecule has 0 bridgehead atoms. The van der Waals surface area contributed by atoms with Crippen molar-refractivity contribution in [2.75, 3.05) is 6.66 Å². The summed E-state index contributed by atoms with van der Waals surface area (Å²) < 4.78 is 0. The lowest BCUT2D eigenvalue weighted by Gasteiger charge is -1.12. The fraction of sp³-hybridized carbons (Fsp3) is 1.00. The highest BCUT2D eigenvalue weighted by molar-refractivity contribution is 7.92. The summed E-state index contributed by atoms with van der Waals surface area (Å²) in [6.45, 7) is 9.92. The standard InChI is InChI=1S/2C2H6.CH5P.H4P2.H3P/c4*1-2;/h2*1-2H3;2H2,1H3;1-2H2;1H3. The Morgan fingerprint density at radius 3 is 0.667 bits per heavy atom. The van der Waals surface area contributed by atoms with Gasteiger partial charge in [-0.2, -0.15) is 9.90 Å². The van der Waals surface area contributed by atoms with E-state index < -0.39 is 0 Å². The summed E-state index contributed by atoms with van der Waals surface area (Å²) in [5.74, 6) is 0. The molecule has 0 aromatic carbocycles. The molecule has 0 aliphatic rings. The quantitative estimate of drug-likeness (QED) is 0.536. The summed E-state index contributed by atoms with van der Waals surface area (Å²) in [6, 6.07) is 0. The first kappa shape index (κ1) is 31.0. The molecule has 0 rings (SSSR count). The third-order valence-electron chi connectivity index (χ3n) is 0. The van der Waals surface area contributed by atoms with E-state index >= 15 is 0 Å². The normalized spacial score (nSPS) is 2.67. The van der Waals surface area contributed by atoms with Gasteiger partial charge >= 0.3 is 0 Å². The third-order valence-corrected chi connectivity index (χ3v) is 0. The molecule has 0 heterocycles. The van der Waals surface area contributed by atoms with Crippen LogP contribution in [0.3, 0.4) is 0 Å². The lowest BCUT2D eigenvalue weighted by Crippen LogP contribution is -0.856. The number of hydrogen-bond donors (Lipinski definition) is 0. The monoisotopic (exact) mass is 208 g/mol. The molecule has 0 radical (unpaired) electrons. The molecule has 0 saturated heterocycles. The van der Waals surface area contributed by atoms with Gasteiger partial charge in [0.05, 0.1) is 0 Å². The van der Waals surface area contributed by atoms with E-state index in [4.69, 9.17) is 0 Å². The van der Waals surface area contributed by atoms with E-state index in [9.17, 15) is 0 Å². The molecule has 0 aliphatic heterocycles. The summed E-state index contributed by atoms with van der Waals surface area (Å²) in [6.07, 6.45) is 0. The van der Waals surface area contributed by atoms with E-state index in [1.807, 2.05) is 34.4 Å². The second kappa shape index (κ2) is 250. The molecule has 4 atom stereocenters. The van der Waals surface area contributed by atoms with Crippen molar-refractivity contribution in [3.05, 3.63) is 0 Å². The molecule has 0 nitrogen and oxygen atoms in total. The van der Waals surface area contributed by atoms with Crippen LogP contribution in [0.2, 0.25) is 0 Å². The van der Waals surface area contributed by atoms with Crippen molar-refractivity contribution in [3.8, 4) is 0 Å². The number of rotatable bonds is 0. The van der Waals surface area contributed by atoms with Crippen molar-refractivity contribution < 1.29 is 0 Å². The van der Waals surface area contributed by atoms with Gasteiger partial charge in [0.2, 0.25) is 0 Å². The Kier molecular flexibility index (Phi) is 859. The Bertz CT molecular complexity index is 8.92. The molecule has 4 unspecified atom stereocenters. The highest BCUT2D eigenvalue weighted by Gasteiger charge is 0.934. The molecule has 0 amide bonds. The highest BCUT2D eigenvalue weighted by atomic mass is 32.0. The van der Waals surface area contributed by atoms with Crippen LogP contribution in [0.1, 0.15) is 27.7 Å². The maximum absolute atomic E-state index is 2.42. The van der Waals surface area contributed by atoms with Gasteiger partial charge in [0, 0.05) is 0 Å². The Balaban J connectivity index is -0.00000000762. The minimum absolute atomic E-state index is 0. The summed E-state index contributed by atoms with van der Waals surface area (Å²) >= 11 is 0. The van der Waals surface area contributed by atoms with Crippen LogP contribution in [-0.2, 0) is 0 Å². The fourth-order valence-corrected chi connectivity index (χ4v) is 0. The summed E-state index contributed by atoms with van der Waals surface area (Å²) in [5, 5.41) is 0. The SMILES string of the molecule is CC.CC.CP.P.PP. The second-order valence-electron chi connectivity index (χ2n) is 0. The molecule has 64 valence electrons. The van der Waals surface area contributed by atoms with E-state index in [0.29, 0.717) is 0 Å². The van der Waals surface area contributed by atoms with Crippen LogP contribution in [0.4, 0.5) is 0 Å². The highest BCUT2D eigenvalue weighted by Crippen LogP contribution is 1.86. The third kappa shape index (κ3) is 196. The first-order valence-electron chi connectivity index (χ1n) is 2.91. The van der Waals surface area contributed by atoms with Crippen LogP contribution in [0.5, 0.6) is 0 Å². The van der Waals surface area contributed by atoms with E-state index in [1.54, 1.807) is 0 Å². The van der Waals surface area contributed by atoms with E-state index in [0.717, 1.165) is 0 Å². The fourth-order valence-electron chi connectivity index (χ4n) is 0. The molecule has 0 fully saturated rings. The lowest BCUT2D eigenvalue weighted by atomic mass is 11.0. The molecular formula is C5H24P4. The molecule has 9 heavy (non-hydrogen) atoms. The van der Waals surface area contributed by atoms with Gasteiger partial charge in [0.25, 0.3) is 0 Å². The minimum atomic E-state index is 0. The van der Waals surface area contributed by atoms with Crippen LogP contribution in [0.15, 0.2) is 0 Å². The average molecular weight is 208 g/mol. The van der Waals surface area contributed by atoms with Crippen molar-refractivity contribution in [1.82, 2.24) is 0 Å². The Labute approximate surface area is 71.9 Å². The number of hydrogen-bond acceptors (Lipinski definition) is 0. The Morgan fingerprint density at radius 2 is 0.667 bits per heavy atom. The van der Waals surface area contributed by atoms with E-state index in [-0.39, 0.29) is 9.90 Å². The van der Waals surface area contributed by atoms with E-state index in [2.05, 4.69) is 27.1 Å². The summed E-state index contributed by atoms with van der Waals surface area (Å²) in [7, 11) is 7.08. The maximum atomic E-state index is 2.42. The largest absolute Gasteiger partial charge is 0.153 e. The predicted octanol–water partition coefficient (Wildman–Crippen LogP) is 3.25. The molecular weight excluding hydrogens is 184 g/mol. The topological polar surface area (TPSA) is 0 Å². The van der Waals surface area contributed by atoms with Gasteiger partial charge < -0.3 is 0 Å². The van der Waals surface area contributed by atoms with Crippen LogP contribution in [0, 0.1) is 0 Å². The van der Waals surface area contributed by atoms with Crippen LogP contribution >= 0.6 is 37.0 Å². The Morgan fingerprint density at radius 1 is 0.667 bits per heavy atom. The first-order chi connectivity index (χ1) is 4.00. The lowest BCUT2D eigenvalue weighted by molar-refractivity contribution is 1.50. The molecule has 0 aromatic rings. The van der Waals surface area contributed by atoms with Crippen LogP contribution < -0.4 is 0 Å². The van der Waals surface area contributed by atoms with Crippen molar-refractivity contribution in [2.24, 2.45) is 0 Å². The molecule has 0 N–H and O–H groups in total. The van der Waals surface area contributed by atoms with Gasteiger partial charge in [-0.15, -0.1) is 27.1 Å². The zero-order valence-electron chi connectivity index (χ0n) is 7.44. The molecule has 0 spiro atoms. The van der Waals surface area contributed by atoms with Gasteiger partial charge in [0.1, 0.15) is 0 Å². The predicted molar refractivity (Wildman–Crippen MR) is 68.9 cm³/mol. The van der Waals surface area contributed by atoms with E-state index in [1.165, 1.54) is 0 Å². The van der Waals surface area contributed by atoms with Crippen molar-refractivity contribution >= 4 is 37.0 Å². The maximum Gasteiger partial charge on any atom is -0.0500 e. The molecule has 0 saturated carbocycles. The van der Waals surface area contributed by atoms with Crippen LogP contribution in [0.25, 0.3) is 0 Å². The van der Waals surface area contributed by atoms with Gasteiger partial charge in [0.15, 0.2) is 0 Å². The summed E-state index contributed by atoms with van der Waals surface area (Å²) in [5.41, 5.74) is 0. The van der Waals surface area contributed by atoms with Crippen molar-refractivity contribution in [1.29, 1.82) is 0 Å². The molecule has 0 aromatic heterocycles. The molecule has 0 aliphatic carbocycles. The summed E-state index contributed by atoms with van der Waals surface area (Å²) in [4.78, 5) is 0. The van der Waals surface area contributed by atoms with Crippen molar-refractivity contribution in [2.45, 2.75) is 27.7 Å². The smallest absolute Gasteiger partial charge is 0.0500 e.